The van der Waals surface area contributed by atoms with Gasteiger partial charge < -0.3 is 4.90 Å². The molecule has 1 aromatic heterocycles. The Bertz CT molecular complexity index is 822. The number of carbonyl (C=O) groups is 1. The van der Waals surface area contributed by atoms with Gasteiger partial charge in [-0.05, 0) is 37.3 Å². The van der Waals surface area contributed by atoms with Crippen LogP contribution < -0.4 is 4.90 Å². The Morgan fingerprint density at radius 3 is 2.42 bits per heavy atom. The standard InChI is InChI=1S/C20H19N3O/c1-2-22(18-9-5-3-6-10-18)20(24)14-13-17-15-21-23(16-17)19-11-7-4-8-12-19/h3-16H,2H2,1H3/b14-13+. The Balaban J connectivity index is 1.73. The van der Waals surface area contributed by atoms with E-state index in [4.69, 9.17) is 0 Å². The summed E-state index contributed by atoms with van der Waals surface area (Å²) in [4.78, 5) is 14.2. The summed E-state index contributed by atoms with van der Waals surface area (Å²) < 4.78 is 1.79. The number of aromatic nitrogens is 2. The van der Waals surface area contributed by atoms with Gasteiger partial charge in [-0.25, -0.2) is 4.68 Å². The predicted molar refractivity (Wildman–Crippen MR) is 97.1 cm³/mol. The van der Waals surface area contributed by atoms with Crippen LogP contribution in [0.3, 0.4) is 0 Å². The van der Waals surface area contributed by atoms with Crippen LogP contribution in [-0.4, -0.2) is 22.2 Å². The van der Waals surface area contributed by atoms with Crippen molar-refractivity contribution in [2.75, 3.05) is 11.4 Å². The summed E-state index contributed by atoms with van der Waals surface area (Å²) in [6.45, 7) is 2.59. The molecule has 0 spiro atoms. The normalized spacial score (nSPS) is 10.9. The van der Waals surface area contributed by atoms with Crippen molar-refractivity contribution >= 4 is 17.7 Å². The van der Waals surface area contributed by atoms with Crippen LogP contribution in [0.5, 0.6) is 0 Å². The quantitative estimate of drug-likeness (QED) is 0.669. The molecule has 24 heavy (non-hydrogen) atoms. The first-order valence-electron chi connectivity index (χ1n) is 7.92. The zero-order chi connectivity index (χ0) is 16.8. The maximum absolute atomic E-state index is 12.4. The van der Waals surface area contributed by atoms with Gasteiger partial charge in [0.1, 0.15) is 0 Å². The number of hydrogen-bond donors (Lipinski definition) is 0. The third-order valence-corrected chi connectivity index (χ3v) is 3.69. The molecule has 4 nitrogen and oxygen atoms in total. The molecule has 1 heterocycles. The molecule has 2 aromatic carbocycles. The highest BCUT2D eigenvalue weighted by molar-refractivity contribution is 6.03. The average molecular weight is 317 g/mol. The van der Waals surface area contributed by atoms with E-state index in [1.54, 1.807) is 27.9 Å². The van der Waals surface area contributed by atoms with Crippen LogP contribution in [0, 0.1) is 0 Å². The molecule has 3 rings (SSSR count). The Hall–Kier alpha value is -3.14. The summed E-state index contributed by atoms with van der Waals surface area (Å²) in [5.41, 5.74) is 2.77. The number of hydrogen-bond acceptors (Lipinski definition) is 2. The third kappa shape index (κ3) is 3.60. The molecule has 0 bridgehead atoms. The van der Waals surface area contributed by atoms with Crippen LogP contribution >= 0.6 is 0 Å². The van der Waals surface area contributed by atoms with Gasteiger partial charge in [-0.1, -0.05) is 36.4 Å². The van der Waals surface area contributed by atoms with E-state index in [0.29, 0.717) is 6.54 Å². The second-order valence-corrected chi connectivity index (χ2v) is 5.31. The summed E-state index contributed by atoms with van der Waals surface area (Å²) in [6.07, 6.45) is 7.02. The van der Waals surface area contributed by atoms with Gasteiger partial charge in [0.25, 0.3) is 5.91 Å². The van der Waals surface area contributed by atoms with Crippen molar-refractivity contribution < 1.29 is 4.79 Å². The van der Waals surface area contributed by atoms with Crippen molar-refractivity contribution in [1.29, 1.82) is 0 Å². The summed E-state index contributed by atoms with van der Waals surface area (Å²) >= 11 is 0. The molecular formula is C20H19N3O. The van der Waals surface area contributed by atoms with Crippen LogP contribution in [0.25, 0.3) is 11.8 Å². The van der Waals surface area contributed by atoms with E-state index in [9.17, 15) is 4.79 Å². The topological polar surface area (TPSA) is 38.1 Å². The zero-order valence-corrected chi connectivity index (χ0v) is 13.5. The molecule has 0 aliphatic heterocycles. The lowest BCUT2D eigenvalue weighted by Gasteiger charge is -2.18. The molecular weight excluding hydrogens is 298 g/mol. The van der Waals surface area contributed by atoms with Crippen molar-refractivity contribution in [2.45, 2.75) is 6.92 Å². The lowest BCUT2D eigenvalue weighted by atomic mass is 10.2. The first kappa shape index (κ1) is 15.7. The van der Waals surface area contributed by atoms with Crippen LogP contribution in [0.1, 0.15) is 12.5 Å². The summed E-state index contributed by atoms with van der Waals surface area (Å²) in [7, 11) is 0. The molecule has 0 fully saturated rings. The number of anilines is 1. The van der Waals surface area contributed by atoms with Crippen molar-refractivity contribution in [3.63, 3.8) is 0 Å². The summed E-state index contributed by atoms with van der Waals surface area (Å²) in [5, 5.41) is 4.33. The Morgan fingerprint density at radius 2 is 1.75 bits per heavy atom. The van der Waals surface area contributed by atoms with Gasteiger partial charge in [0.2, 0.25) is 0 Å². The molecule has 0 saturated heterocycles. The van der Waals surface area contributed by atoms with E-state index in [-0.39, 0.29) is 5.91 Å². The fourth-order valence-corrected chi connectivity index (χ4v) is 2.48. The number of likely N-dealkylation sites (N-methyl/N-ethyl adjacent to an activating group) is 1. The maximum atomic E-state index is 12.4. The monoisotopic (exact) mass is 317 g/mol. The fourth-order valence-electron chi connectivity index (χ4n) is 2.48. The lowest BCUT2D eigenvalue weighted by molar-refractivity contribution is -0.114. The van der Waals surface area contributed by atoms with E-state index >= 15 is 0 Å². The van der Waals surface area contributed by atoms with Gasteiger partial charge >= 0.3 is 0 Å². The molecule has 0 radical (unpaired) electrons. The SMILES string of the molecule is CCN(C(=O)/C=C/c1cnn(-c2ccccc2)c1)c1ccccc1. The number of rotatable bonds is 5. The molecule has 0 aliphatic carbocycles. The van der Waals surface area contributed by atoms with Crippen molar-refractivity contribution in [1.82, 2.24) is 9.78 Å². The third-order valence-electron chi connectivity index (χ3n) is 3.69. The van der Waals surface area contributed by atoms with Crippen LogP contribution in [0.15, 0.2) is 79.1 Å². The molecule has 0 atom stereocenters. The molecule has 0 N–H and O–H groups in total. The van der Waals surface area contributed by atoms with Gasteiger partial charge in [-0.3, -0.25) is 4.79 Å². The number of para-hydroxylation sites is 2. The van der Waals surface area contributed by atoms with E-state index < -0.39 is 0 Å². The van der Waals surface area contributed by atoms with E-state index in [1.165, 1.54) is 0 Å². The Kier molecular flexibility index (Phi) is 4.87. The van der Waals surface area contributed by atoms with Gasteiger partial charge in [-0.15, -0.1) is 0 Å². The van der Waals surface area contributed by atoms with Crippen molar-refractivity contribution in [2.24, 2.45) is 0 Å². The molecule has 4 heteroatoms. The minimum atomic E-state index is -0.0452. The maximum Gasteiger partial charge on any atom is 0.250 e. The largest absolute Gasteiger partial charge is 0.309 e. The Morgan fingerprint density at radius 1 is 1.08 bits per heavy atom. The van der Waals surface area contributed by atoms with Crippen molar-refractivity contribution in [3.8, 4) is 5.69 Å². The smallest absolute Gasteiger partial charge is 0.250 e. The lowest BCUT2D eigenvalue weighted by Crippen LogP contribution is -2.28. The summed E-state index contributed by atoms with van der Waals surface area (Å²) in [6, 6.07) is 19.5. The molecule has 0 aliphatic rings. The first-order chi connectivity index (χ1) is 11.8. The van der Waals surface area contributed by atoms with Gasteiger partial charge in [0, 0.05) is 30.1 Å². The minimum absolute atomic E-state index is 0.0452. The molecule has 0 unspecified atom stereocenters. The Labute approximate surface area is 141 Å². The van der Waals surface area contributed by atoms with E-state index in [0.717, 1.165) is 16.9 Å². The first-order valence-corrected chi connectivity index (χ1v) is 7.92. The summed E-state index contributed by atoms with van der Waals surface area (Å²) in [5.74, 6) is -0.0452. The number of amides is 1. The fraction of sp³-hybridized carbons (Fsp3) is 0.100. The molecule has 1 amide bonds. The predicted octanol–water partition coefficient (Wildman–Crippen LogP) is 3.94. The van der Waals surface area contributed by atoms with E-state index in [2.05, 4.69) is 5.10 Å². The number of nitrogens with zero attached hydrogens (tertiary/aromatic N) is 3. The average Bonchev–Trinajstić information content (AvgIpc) is 3.11. The molecule has 0 saturated carbocycles. The van der Waals surface area contributed by atoms with Crippen LogP contribution in [0.4, 0.5) is 5.69 Å². The van der Waals surface area contributed by atoms with Crippen molar-refractivity contribution in [3.05, 3.63) is 84.7 Å². The highest BCUT2D eigenvalue weighted by Crippen LogP contribution is 2.14. The molecule has 120 valence electrons. The second-order valence-electron chi connectivity index (χ2n) is 5.31. The van der Waals surface area contributed by atoms with Gasteiger partial charge in [0.15, 0.2) is 0 Å². The van der Waals surface area contributed by atoms with Crippen LogP contribution in [-0.2, 0) is 4.79 Å². The minimum Gasteiger partial charge on any atom is -0.309 e. The second kappa shape index (κ2) is 7.42. The highest BCUT2D eigenvalue weighted by Gasteiger charge is 2.10. The highest BCUT2D eigenvalue weighted by atomic mass is 16.2. The van der Waals surface area contributed by atoms with E-state index in [1.807, 2.05) is 73.8 Å². The zero-order valence-electron chi connectivity index (χ0n) is 13.5. The number of benzene rings is 2. The van der Waals surface area contributed by atoms with Crippen LogP contribution in [0.2, 0.25) is 0 Å². The molecule has 3 aromatic rings. The number of carbonyl (C=O) groups excluding carboxylic acids is 1. The van der Waals surface area contributed by atoms with Gasteiger partial charge in [0.05, 0.1) is 11.9 Å². The van der Waals surface area contributed by atoms with Gasteiger partial charge in [-0.2, -0.15) is 5.10 Å².